The molecule has 0 aromatic carbocycles. The van der Waals surface area contributed by atoms with E-state index in [1.54, 1.807) is 13.0 Å². The molecule has 1 aliphatic heterocycles. The zero-order valence-electron chi connectivity index (χ0n) is 15.1. The Labute approximate surface area is 166 Å². The second-order valence-electron chi connectivity index (χ2n) is 6.84. The average molecular weight is 409 g/mol. The molecule has 1 saturated heterocycles. The molecular formula is C17H21ClN6O2S. The summed E-state index contributed by atoms with van der Waals surface area (Å²) in [6, 6.07) is 1.70. The van der Waals surface area contributed by atoms with Gasteiger partial charge in [0.1, 0.15) is 10.8 Å². The average Bonchev–Trinajstić information content (AvgIpc) is 2.60. The highest BCUT2D eigenvalue weighted by atomic mass is 35.5. The molecule has 0 radical (unpaired) electrons. The largest absolute Gasteiger partial charge is 0.476 e. The van der Waals surface area contributed by atoms with E-state index in [0.717, 1.165) is 12.8 Å². The van der Waals surface area contributed by atoms with Crippen LogP contribution in [0.2, 0.25) is 5.02 Å². The number of aryl methyl sites for hydroxylation is 1. The number of halogens is 1. The van der Waals surface area contributed by atoms with Crippen LogP contribution in [-0.2, 0) is 0 Å². The van der Waals surface area contributed by atoms with Gasteiger partial charge in [-0.3, -0.25) is 0 Å². The van der Waals surface area contributed by atoms with Crippen LogP contribution < -0.4 is 16.4 Å². The lowest BCUT2D eigenvalue weighted by Crippen LogP contribution is -2.48. The van der Waals surface area contributed by atoms with Crippen molar-refractivity contribution in [3.63, 3.8) is 0 Å². The number of nitrogens with zero attached hydrogens (tertiary/aromatic N) is 4. The van der Waals surface area contributed by atoms with Gasteiger partial charge in [-0.1, -0.05) is 23.4 Å². The quantitative estimate of drug-likeness (QED) is 0.698. The standard InChI is InChI=1S/C17H21ClN6O2S/c1-9-15(27-10-3-6-21-13(19)11(10)18)23-12(16(25)26)14(22-9)24-7-4-17(2,20)5-8-24/h3,6H,4-5,7-8,20H2,1-2H3,(H2,19,21)(H,25,26). The Bertz CT molecular complexity index is 882. The molecular weight excluding hydrogens is 388 g/mol. The third kappa shape index (κ3) is 4.26. The Morgan fingerprint density at radius 1 is 1.37 bits per heavy atom. The van der Waals surface area contributed by atoms with Crippen molar-refractivity contribution < 1.29 is 9.90 Å². The van der Waals surface area contributed by atoms with Gasteiger partial charge in [0.15, 0.2) is 11.5 Å². The summed E-state index contributed by atoms with van der Waals surface area (Å²) in [6.07, 6.45) is 3.06. The summed E-state index contributed by atoms with van der Waals surface area (Å²) in [4.78, 5) is 27.2. The number of rotatable bonds is 4. The Morgan fingerprint density at radius 2 is 2.04 bits per heavy atom. The highest BCUT2D eigenvalue weighted by Gasteiger charge is 2.30. The van der Waals surface area contributed by atoms with Gasteiger partial charge >= 0.3 is 5.97 Å². The number of pyridine rings is 1. The van der Waals surface area contributed by atoms with Gasteiger partial charge in [0.2, 0.25) is 0 Å². The highest BCUT2D eigenvalue weighted by molar-refractivity contribution is 7.99. The predicted molar refractivity (Wildman–Crippen MR) is 106 cm³/mol. The fourth-order valence-corrected chi connectivity index (χ4v) is 3.90. The fourth-order valence-electron chi connectivity index (χ4n) is 2.81. The first-order valence-corrected chi connectivity index (χ1v) is 9.61. The number of anilines is 2. The number of hydrogen-bond donors (Lipinski definition) is 3. The summed E-state index contributed by atoms with van der Waals surface area (Å²) in [7, 11) is 0. The highest BCUT2D eigenvalue weighted by Crippen LogP contribution is 2.36. The maximum absolute atomic E-state index is 11.8. The van der Waals surface area contributed by atoms with E-state index in [2.05, 4.69) is 15.0 Å². The molecule has 0 atom stereocenters. The molecule has 144 valence electrons. The molecule has 0 bridgehead atoms. The number of carbonyl (C=O) groups is 1. The van der Waals surface area contributed by atoms with Gasteiger partial charge in [0, 0.05) is 29.7 Å². The normalized spacial score (nSPS) is 16.4. The summed E-state index contributed by atoms with van der Waals surface area (Å²) in [6.45, 7) is 5.07. The van der Waals surface area contributed by atoms with E-state index in [0.29, 0.717) is 39.5 Å². The van der Waals surface area contributed by atoms with Gasteiger partial charge in [0.25, 0.3) is 0 Å². The molecule has 10 heteroatoms. The first-order valence-electron chi connectivity index (χ1n) is 8.41. The van der Waals surface area contributed by atoms with Crippen LogP contribution in [0.5, 0.6) is 0 Å². The van der Waals surface area contributed by atoms with Crippen molar-refractivity contribution >= 4 is 41.0 Å². The topological polar surface area (TPSA) is 131 Å². The van der Waals surface area contributed by atoms with E-state index in [1.807, 2.05) is 11.8 Å². The smallest absolute Gasteiger partial charge is 0.358 e. The molecule has 5 N–H and O–H groups in total. The van der Waals surface area contributed by atoms with Crippen molar-refractivity contribution in [2.24, 2.45) is 5.73 Å². The lowest BCUT2D eigenvalue weighted by Gasteiger charge is -2.37. The SMILES string of the molecule is Cc1nc(N2CCC(C)(N)CC2)c(C(=O)O)nc1Sc1ccnc(N)c1Cl. The van der Waals surface area contributed by atoms with Crippen LogP contribution in [0.3, 0.4) is 0 Å². The van der Waals surface area contributed by atoms with Crippen molar-refractivity contribution in [3.8, 4) is 0 Å². The second kappa shape index (κ2) is 7.49. The molecule has 0 spiro atoms. The number of nitrogen functional groups attached to an aromatic ring is 1. The van der Waals surface area contributed by atoms with Crippen LogP contribution in [0, 0.1) is 6.92 Å². The van der Waals surface area contributed by atoms with Crippen LogP contribution in [0.1, 0.15) is 35.9 Å². The molecule has 3 rings (SSSR count). The molecule has 1 fully saturated rings. The van der Waals surface area contributed by atoms with Crippen molar-refractivity contribution in [2.45, 2.75) is 42.1 Å². The van der Waals surface area contributed by atoms with Gasteiger partial charge < -0.3 is 21.5 Å². The molecule has 0 unspecified atom stereocenters. The Morgan fingerprint density at radius 3 is 2.67 bits per heavy atom. The zero-order valence-corrected chi connectivity index (χ0v) is 16.6. The molecule has 0 amide bonds. The minimum atomic E-state index is -1.12. The Hall–Kier alpha value is -2.10. The lowest BCUT2D eigenvalue weighted by molar-refractivity contribution is 0.0689. The molecule has 0 aliphatic carbocycles. The third-order valence-corrected chi connectivity index (χ3v) is 6.15. The Kier molecular flexibility index (Phi) is 5.45. The van der Waals surface area contributed by atoms with Crippen LogP contribution in [-0.4, -0.2) is 44.7 Å². The summed E-state index contributed by atoms with van der Waals surface area (Å²) in [5.74, 6) is -0.540. The van der Waals surface area contributed by atoms with Crippen LogP contribution >= 0.6 is 23.4 Å². The van der Waals surface area contributed by atoms with Gasteiger partial charge in [0.05, 0.1) is 10.7 Å². The molecule has 8 nitrogen and oxygen atoms in total. The minimum absolute atomic E-state index is 0.0816. The van der Waals surface area contributed by atoms with E-state index in [1.165, 1.54) is 18.0 Å². The van der Waals surface area contributed by atoms with E-state index in [4.69, 9.17) is 23.1 Å². The Balaban J connectivity index is 1.95. The summed E-state index contributed by atoms with van der Waals surface area (Å²) in [5, 5.41) is 10.4. The monoisotopic (exact) mass is 408 g/mol. The van der Waals surface area contributed by atoms with Crippen LogP contribution in [0.25, 0.3) is 0 Å². The first-order chi connectivity index (χ1) is 12.7. The first kappa shape index (κ1) is 19.7. The van der Waals surface area contributed by atoms with E-state index < -0.39 is 5.97 Å². The van der Waals surface area contributed by atoms with Gasteiger partial charge in [-0.2, -0.15) is 0 Å². The molecule has 1 aliphatic rings. The van der Waals surface area contributed by atoms with E-state index in [9.17, 15) is 9.90 Å². The predicted octanol–water partition coefficient (Wildman–Crippen LogP) is 2.58. The van der Waals surface area contributed by atoms with Crippen LogP contribution in [0.15, 0.2) is 22.2 Å². The number of aromatic carboxylic acids is 1. The van der Waals surface area contributed by atoms with Crippen molar-refractivity contribution in [1.82, 2.24) is 15.0 Å². The van der Waals surface area contributed by atoms with E-state index >= 15 is 0 Å². The lowest BCUT2D eigenvalue weighted by atomic mass is 9.91. The van der Waals surface area contributed by atoms with Crippen molar-refractivity contribution in [2.75, 3.05) is 23.7 Å². The maximum atomic E-state index is 11.8. The maximum Gasteiger partial charge on any atom is 0.358 e. The summed E-state index contributed by atoms with van der Waals surface area (Å²) >= 11 is 7.40. The third-order valence-electron chi connectivity index (χ3n) is 4.50. The number of carboxylic acid groups (broad SMARTS) is 1. The minimum Gasteiger partial charge on any atom is -0.476 e. The van der Waals surface area contributed by atoms with Gasteiger partial charge in [-0.05, 0) is 32.8 Å². The fraction of sp³-hybridized carbons (Fsp3) is 0.412. The molecule has 3 heterocycles. The van der Waals surface area contributed by atoms with Gasteiger partial charge in [-0.15, -0.1) is 0 Å². The molecule has 2 aromatic heterocycles. The van der Waals surface area contributed by atoms with Crippen molar-refractivity contribution in [1.29, 1.82) is 0 Å². The summed E-state index contributed by atoms with van der Waals surface area (Å²) in [5.41, 5.74) is 12.2. The van der Waals surface area contributed by atoms with Crippen molar-refractivity contribution in [3.05, 3.63) is 28.7 Å². The number of carboxylic acids is 1. The van der Waals surface area contributed by atoms with Crippen LogP contribution in [0.4, 0.5) is 11.6 Å². The number of piperidine rings is 1. The van der Waals surface area contributed by atoms with Gasteiger partial charge in [-0.25, -0.2) is 19.7 Å². The molecule has 0 saturated carbocycles. The molecule has 2 aromatic rings. The number of aromatic nitrogens is 3. The number of nitrogens with two attached hydrogens (primary N) is 2. The van der Waals surface area contributed by atoms with E-state index in [-0.39, 0.29) is 17.1 Å². The summed E-state index contributed by atoms with van der Waals surface area (Å²) < 4.78 is 0. The number of hydrogen-bond acceptors (Lipinski definition) is 8. The molecule has 27 heavy (non-hydrogen) atoms. The second-order valence-corrected chi connectivity index (χ2v) is 8.25. The zero-order chi connectivity index (χ0) is 19.8.